The lowest BCUT2D eigenvalue weighted by molar-refractivity contribution is -0.138. The number of ether oxygens (including phenoxy) is 2. The van der Waals surface area contributed by atoms with Gasteiger partial charge in [0.25, 0.3) is 5.56 Å². The molecule has 1 fully saturated rings. The molecule has 4 heterocycles. The Kier molecular flexibility index (Phi) is 8.04. The molecule has 1 saturated heterocycles. The first-order chi connectivity index (χ1) is 18.0. The van der Waals surface area contributed by atoms with Crippen molar-refractivity contribution in [1.82, 2.24) is 20.1 Å². The van der Waals surface area contributed by atoms with Gasteiger partial charge in [0.05, 0.1) is 66.6 Å². The fourth-order valence-corrected chi connectivity index (χ4v) is 4.60. The SMILES string of the molecule is C[C@]([Si])(COCCC(=O)N1CCN2c3ncc(C(F)(F)F)cc3COC[C@H]2C1)Nc1cn[nH]c(=O)c1C#N. The van der Waals surface area contributed by atoms with Crippen LogP contribution in [0.1, 0.15) is 30.0 Å². The third-order valence-corrected chi connectivity index (χ3v) is 6.44. The van der Waals surface area contributed by atoms with Crippen molar-refractivity contribution in [3.8, 4) is 6.07 Å². The number of carbonyl (C=O) groups is 1. The van der Waals surface area contributed by atoms with Gasteiger partial charge >= 0.3 is 6.18 Å². The molecule has 2 aromatic heterocycles. The van der Waals surface area contributed by atoms with Crippen LogP contribution in [-0.2, 0) is 27.1 Å². The predicted octanol–water partition coefficient (Wildman–Crippen LogP) is 1.01. The number of rotatable bonds is 7. The molecule has 38 heavy (non-hydrogen) atoms. The van der Waals surface area contributed by atoms with Gasteiger partial charge in [0.2, 0.25) is 5.91 Å². The van der Waals surface area contributed by atoms with E-state index < -0.39 is 22.5 Å². The van der Waals surface area contributed by atoms with Crippen LogP contribution in [0.15, 0.2) is 23.3 Å². The summed E-state index contributed by atoms with van der Waals surface area (Å²) in [6, 6.07) is 2.66. The Morgan fingerprint density at radius 1 is 1.39 bits per heavy atom. The van der Waals surface area contributed by atoms with Crippen LogP contribution in [0.2, 0.25) is 0 Å². The van der Waals surface area contributed by atoms with Gasteiger partial charge in [-0.15, -0.1) is 0 Å². The minimum Gasteiger partial charge on any atom is -0.379 e. The number of H-pyrrole nitrogens is 1. The van der Waals surface area contributed by atoms with Crippen LogP contribution in [0.4, 0.5) is 24.7 Å². The Morgan fingerprint density at radius 3 is 2.92 bits per heavy atom. The molecule has 2 N–H and O–H groups in total. The van der Waals surface area contributed by atoms with Crippen molar-refractivity contribution in [2.75, 3.05) is 49.7 Å². The molecule has 2 aliphatic rings. The number of carbonyl (C=O) groups excluding carboxylic acids is 1. The van der Waals surface area contributed by atoms with Crippen molar-refractivity contribution in [2.45, 2.75) is 37.3 Å². The number of nitrogens with one attached hydrogen (secondary N) is 2. The van der Waals surface area contributed by atoms with Gasteiger partial charge in [-0.1, -0.05) is 0 Å². The van der Waals surface area contributed by atoms with E-state index in [1.807, 2.05) is 11.0 Å². The van der Waals surface area contributed by atoms with Gasteiger partial charge in [-0.05, 0) is 13.0 Å². The Bertz CT molecular complexity index is 1280. The highest BCUT2D eigenvalue weighted by Crippen LogP contribution is 2.34. The molecule has 2 aromatic rings. The number of amides is 1. The van der Waals surface area contributed by atoms with E-state index in [9.17, 15) is 28.0 Å². The van der Waals surface area contributed by atoms with Gasteiger partial charge in [0.1, 0.15) is 17.5 Å². The molecule has 1 amide bonds. The summed E-state index contributed by atoms with van der Waals surface area (Å²) < 4.78 is 50.5. The zero-order chi connectivity index (χ0) is 27.5. The molecule has 201 valence electrons. The number of hydrogen-bond donors (Lipinski definition) is 2. The number of hydrogen-bond acceptors (Lipinski definition) is 9. The lowest BCUT2D eigenvalue weighted by atomic mass is 10.1. The minimum absolute atomic E-state index is 0.0174. The monoisotopic (exact) mass is 548 g/mol. The van der Waals surface area contributed by atoms with Gasteiger partial charge in [0.15, 0.2) is 0 Å². The number of pyridine rings is 1. The van der Waals surface area contributed by atoms with Crippen molar-refractivity contribution >= 4 is 27.7 Å². The molecule has 0 spiro atoms. The summed E-state index contributed by atoms with van der Waals surface area (Å²) in [7, 11) is 3.52. The van der Waals surface area contributed by atoms with E-state index >= 15 is 0 Å². The van der Waals surface area contributed by atoms with Crippen LogP contribution in [-0.4, -0.2) is 86.9 Å². The fourth-order valence-electron chi connectivity index (χ4n) is 4.36. The standard InChI is InChI=1S/C23H25F3N7O4Si/c1-22(38,30-18-9-29-31-21(35)17(18)7-27)13-36-5-2-19(34)32-3-4-33-16(10-32)12-37-11-14-6-15(23(24,25)26)8-28-20(14)33/h6,8-9,16H,2-5,10-13H2,1H3,(H2,30,31,35)/t16-,22+/m1/s1. The number of nitriles is 1. The van der Waals surface area contributed by atoms with Crippen LogP contribution in [0.25, 0.3) is 0 Å². The number of fused-ring (bicyclic) bond motifs is 3. The summed E-state index contributed by atoms with van der Waals surface area (Å²) in [4.78, 5) is 32.2. The van der Waals surface area contributed by atoms with Gasteiger partial charge in [-0.3, -0.25) is 9.59 Å². The smallest absolute Gasteiger partial charge is 0.379 e. The van der Waals surface area contributed by atoms with Crippen molar-refractivity contribution in [1.29, 1.82) is 5.26 Å². The number of halogens is 3. The molecule has 3 radical (unpaired) electrons. The Hall–Kier alpha value is -3.48. The molecule has 0 aliphatic carbocycles. The first kappa shape index (κ1) is 27.5. The maximum Gasteiger partial charge on any atom is 0.417 e. The maximum atomic E-state index is 13.1. The zero-order valence-corrected chi connectivity index (χ0v) is 21.5. The number of aromatic nitrogens is 3. The summed E-state index contributed by atoms with van der Waals surface area (Å²) in [5.41, 5.74) is -0.931. The van der Waals surface area contributed by atoms with Crippen LogP contribution >= 0.6 is 0 Å². The van der Waals surface area contributed by atoms with Gasteiger partial charge in [-0.2, -0.15) is 23.5 Å². The van der Waals surface area contributed by atoms with E-state index in [2.05, 4.69) is 30.7 Å². The number of nitrogens with zero attached hydrogens (tertiary/aromatic N) is 5. The molecular formula is C23H25F3N7O4Si. The second-order valence-corrected chi connectivity index (χ2v) is 10.4. The normalized spacial score (nSPS) is 19.0. The Labute approximate surface area is 219 Å². The van der Waals surface area contributed by atoms with E-state index in [1.165, 1.54) is 6.20 Å². The molecule has 2 aliphatic heterocycles. The topological polar surface area (TPSA) is 136 Å². The molecule has 0 unspecified atom stereocenters. The second-order valence-electron chi connectivity index (χ2n) is 9.27. The molecule has 11 nitrogen and oxygen atoms in total. The highest BCUT2D eigenvalue weighted by molar-refractivity contribution is 6.16. The second kappa shape index (κ2) is 11.1. The Morgan fingerprint density at radius 2 is 2.18 bits per heavy atom. The molecule has 4 rings (SSSR count). The molecule has 0 aromatic carbocycles. The quantitative estimate of drug-likeness (QED) is 0.384. The van der Waals surface area contributed by atoms with Gasteiger partial charge < -0.3 is 24.6 Å². The zero-order valence-electron chi connectivity index (χ0n) is 20.5. The van der Waals surface area contributed by atoms with Crippen LogP contribution in [0.5, 0.6) is 0 Å². The van der Waals surface area contributed by atoms with Gasteiger partial charge in [-0.25, -0.2) is 10.1 Å². The summed E-state index contributed by atoms with van der Waals surface area (Å²) in [6.45, 7) is 3.42. The number of piperazine rings is 1. The summed E-state index contributed by atoms with van der Waals surface area (Å²) in [5.74, 6) is 0.332. The molecule has 0 bridgehead atoms. The van der Waals surface area contributed by atoms with Gasteiger partial charge in [0, 0.05) is 36.6 Å². The predicted molar refractivity (Wildman–Crippen MR) is 129 cm³/mol. The minimum atomic E-state index is -4.49. The summed E-state index contributed by atoms with van der Waals surface area (Å²) in [5, 5.41) is 17.2. The lowest BCUT2D eigenvalue weighted by Crippen LogP contribution is -2.56. The molecule has 15 heteroatoms. The molecule has 2 atom stereocenters. The lowest BCUT2D eigenvalue weighted by Gasteiger charge is -2.41. The van der Waals surface area contributed by atoms with Crippen molar-refractivity contribution < 1.29 is 27.4 Å². The van der Waals surface area contributed by atoms with E-state index in [0.29, 0.717) is 31.0 Å². The van der Waals surface area contributed by atoms with E-state index in [0.717, 1.165) is 12.3 Å². The molecule has 0 saturated carbocycles. The van der Waals surface area contributed by atoms with Crippen LogP contribution in [0.3, 0.4) is 0 Å². The maximum absolute atomic E-state index is 13.1. The first-order valence-corrected chi connectivity index (χ1v) is 12.3. The van der Waals surface area contributed by atoms with E-state index in [1.54, 1.807) is 11.8 Å². The molecular weight excluding hydrogens is 523 g/mol. The average molecular weight is 549 g/mol. The van der Waals surface area contributed by atoms with E-state index in [-0.39, 0.29) is 56.0 Å². The van der Waals surface area contributed by atoms with Crippen molar-refractivity contribution in [3.05, 3.63) is 45.5 Å². The Balaban J connectivity index is 1.28. The third-order valence-electron chi connectivity index (χ3n) is 6.17. The number of aromatic amines is 1. The largest absolute Gasteiger partial charge is 0.417 e. The average Bonchev–Trinajstić information content (AvgIpc) is 3.04. The summed E-state index contributed by atoms with van der Waals surface area (Å²) in [6.07, 6.45) is -2.21. The van der Waals surface area contributed by atoms with Crippen molar-refractivity contribution in [2.24, 2.45) is 0 Å². The third kappa shape index (κ3) is 6.32. The van der Waals surface area contributed by atoms with Crippen LogP contribution in [0, 0.1) is 11.3 Å². The fraction of sp³-hybridized carbons (Fsp3) is 0.522. The van der Waals surface area contributed by atoms with Crippen molar-refractivity contribution in [3.63, 3.8) is 0 Å². The summed E-state index contributed by atoms with van der Waals surface area (Å²) >= 11 is 0. The number of anilines is 2. The highest BCUT2D eigenvalue weighted by Gasteiger charge is 2.36. The number of alkyl halides is 3. The highest BCUT2D eigenvalue weighted by atomic mass is 28.1. The van der Waals surface area contributed by atoms with Crippen LogP contribution < -0.4 is 15.8 Å². The first-order valence-electron chi connectivity index (χ1n) is 11.8. The van der Waals surface area contributed by atoms with E-state index in [4.69, 9.17) is 9.47 Å².